The number of nitrogens with zero attached hydrogens (tertiary/aromatic N) is 4. The molecule has 3 unspecified atom stereocenters. The van der Waals surface area contributed by atoms with Gasteiger partial charge >= 0.3 is 5.97 Å². The molecule has 2 fully saturated rings. The second kappa shape index (κ2) is 10.8. The number of nitrogens with one attached hydrogen (secondary N) is 1. The van der Waals surface area contributed by atoms with Crippen molar-refractivity contribution in [2.45, 2.75) is 19.4 Å². The van der Waals surface area contributed by atoms with Gasteiger partial charge in [-0.1, -0.05) is 37.3 Å². The first-order chi connectivity index (χ1) is 14.5. The summed E-state index contributed by atoms with van der Waals surface area (Å²) in [6.45, 7) is 8.79. The highest BCUT2D eigenvalue weighted by molar-refractivity contribution is 5.82. The molecule has 7 heteroatoms. The van der Waals surface area contributed by atoms with Gasteiger partial charge in [-0.2, -0.15) is 0 Å². The molecule has 0 radical (unpaired) electrons. The van der Waals surface area contributed by atoms with E-state index in [0.717, 1.165) is 51.6 Å². The average molecular weight is 416 g/mol. The highest BCUT2D eigenvalue weighted by Crippen LogP contribution is 2.25. The lowest BCUT2D eigenvalue weighted by molar-refractivity contribution is -0.145. The van der Waals surface area contributed by atoms with Gasteiger partial charge in [-0.3, -0.25) is 14.7 Å². The van der Waals surface area contributed by atoms with E-state index in [-0.39, 0.29) is 17.8 Å². The minimum atomic E-state index is -0.123. The van der Waals surface area contributed by atoms with Crippen LogP contribution in [-0.2, 0) is 9.53 Å². The van der Waals surface area contributed by atoms with Gasteiger partial charge in [0.1, 0.15) is 0 Å². The van der Waals surface area contributed by atoms with E-state index in [1.54, 1.807) is 0 Å². The van der Waals surface area contributed by atoms with Crippen LogP contribution in [0.3, 0.4) is 0 Å². The van der Waals surface area contributed by atoms with Crippen LogP contribution in [0.1, 0.15) is 24.9 Å². The van der Waals surface area contributed by atoms with Gasteiger partial charge < -0.3 is 19.9 Å². The molecule has 1 N–H and O–H groups in total. The summed E-state index contributed by atoms with van der Waals surface area (Å²) < 4.78 is 4.95. The molecule has 30 heavy (non-hydrogen) atoms. The fourth-order valence-corrected chi connectivity index (χ4v) is 4.63. The topological polar surface area (TPSA) is 60.4 Å². The number of benzene rings is 1. The molecule has 2 heterocycles. The van der Waals surface area contributed by atoms with E-state index in [9.17, 15) is 4.79 Å². The van der Waals surface area contributed by atoms with Gasteiger partial charge in [0.05, 0.1) is 13.0 Å². The van der Waals surface area contributed by atoms with Crippen molar-refractivity contribution in [3.63, 3.8) is 0 Å². The molecular formula is C23H37N5O2. The van der Waals surface area contributed by atoms with E-state index in [1.165, 1.54) is 12.7 Å². The first-order valence-corrected chi connectivity index (χ1v) is 11.0. The predicted octanol–water partition coefficient (Wildman–Crippen LogP) is 1.68. The number of ether oxygens (including phenoxy) is 1. The van der Waals surface area contributed by atoms with Crippen molar-refractivity contribution in [3.8, 4) is 0 Å². The Hall–Kier alpha value is -2.12. The second-order valence-electron chi connectivity index (χ2n) is 8.56. The van der Waals surface area contributed by atoms with Crippen molar-refractivity contribution < 1.29 is 9.53 Å². The summed E-state index contributed by atoms with van der Waals surface area (Å²) in [6, 6.07) is 11.3. The predicted molar refractivity (Wildman–Crippen MR) is 120 cm³/mol. The van der Waals surface area contributed by atoms with Gasteiger partial charge in [0.25, 0.3) is 0 Å². The van der Waals surface area contributed by atoms with Crippen LogP contribution in [0.15, 0.2) is 35.3 Å². The van der Waals surface area contributed by atoms with Crippen LogP contribution in [0.2, 0.25) is 0 Å². The lowest BCUT2D eigenvalue weighted by Crippen LogP contribution is -2.47. The third kappa shape index (κ3) is 5.52. The van der Waals surface area contributed by atoms with Crippen molar-refractivity contribution in [1.29, 1.82) is 0 Å². The highest BCUT2D eigenvalue weighted by atomic mass is 16.5. The Morgan fingerprint density at radius 2 is 1.97 bits per heavy atom. The number of aliphatic imine (C=N–C) groups is 1. The summed E-state index contributed by atoms with van der Waals surface area (Å²) >= 11 is 0. The molecule has 166 valence electrons. The molecule has 3 rings (SSSR count). The molecule has 0 saturated carbocycles. The maximum atomic E-state index is 12.0. The van der Waals surface area contributed by atoms with Crippen molar-refractivity contribution in [3.05, 3.63) is 35.9 Å². The molecule has 0 aliphatic carbocycles. The van der Waals surface area contributed by atoms with Crippen LogP contribution in [0.4, 0.5) is 0 Å². The molecule has 0 bridgehead atoms. The van der Waals surface area contributed by atoms with E-state index in [4.69, 9.17) is 4.74 Å². The van der Waals surface area contributed by atoms with E-state index in [0.29, 0.717) is 12.6 Å². The Balaban J connectivity index is 1.49. The Morgan fingerprint density at radius 1 is 1.20 bits per heavy atom. The van der Waals surface area contributed by atoms with Gasteiger partial charge in [0, 0.05) is 58.9 Å². The third-order valence-electron chi connectivity index (χ3n) is 6.41. The summed E-state index contributed by atoms with van der Waals surface area (Å²) in [4.78, 5) is 23.6. The molecule has 2 aliphatic rings. The second-order valence-corrected chi connectivity index (χ2v) is 8.56. The van der Waals surface area contributed by atoms with Crippen LogP contribution in [0.5, 0.6) is 0 Å². The number of carbonyl (C=O) groups is 1. The zero-order valence-corrected chi connectivity index (χ0v) is 18.9. The number of hydrogen-bond acceptors (Lipinski definition) is 5. The molecule has 0 spiro atoms. The molecule has 3 atom stereocenters. The normalized spacial score (nSPS) is 26.1. The first kappa shape index (κ1) is 22.6. The number of likely N-dealkylation sites (tertiary alicyclic amines) is 1. The molecule has 2 aliphatic heterocycles. The lowest BCUT2D eigenvalue weighted by atomic mass is 9.99. The first-order valence-electron chi connectivity index (χ1n) is 11.0. The van der Waals surface area contributed by atoms with Gasteiger partial charge in [-0.05, 0) is 24.9 Å². The SMILES string of the molecule is CN=C(NCCCN1CCN(C)CC1c1ccccc1)N1CC(C)C(C(=O)OC)C1. The smallest absolute Gasteiger partial charge is 0.310 e. The Labute approximate surface area is 181 Å². The summed E-state index contributed by atoms with van der Waals surface area (Å²) in [5, 5.41) is 3.50. The van der Waals surface area contributed by atoms with E-state index < -0.39 is 0 Å². The number of hydrogen-bond donors (Lipinski definition) is 1. The quantitative estimate of drug-likeness (QED) is 0.330. The van der Waals surface area contributed by atoms with Crippen LogP contribution in [0.25, 0.3) is 0 Å². The van der Waals surface area contributed by atoms with E-state index in [1.807, 2.05) is 7.05 Å². The van der Waals surface area contributed by atoms with Gasteiger partial charge in [-0.25, -0.2) is 0 Å². The number of methoxy groups -OCH3 is 1. The van der Waals surface area contributed by atoms with Gasteiger partial charge in [0.15, 0.2) is 5.96 Å². The minimum absolute atomic E-state index is 0.0782. The molecule has 2 saturated heterocycles. The Bertz CT molecular complexity index is 711. The monoisotopic (exact) mass is 415 g/mol. The molecule has 7 nitrogen and oxygen atoms in total. The van der Waals surface area contributed by atoms with E-state index >= 15 is 0 Å². The molecule has 0 amide bonds. The zero-order chi connectivity index (χ0) is 21.5. The Morgan fingerprint density at radius 3 is 2.67 bits per heavy atom. The van der Waals surface area contributed by atoms with Crippen molar-refractivity contribution in [1.82, 2.24) is 20.0 Å². The van der Waals surface area contributed by atoms with Crippen LogP contribution in [-0.4, -0.2) is 93.6 Å². The average Bonchev–Trinajstić information content (AvgIpc) is 3.16. The number of carbonyl (C=O) groups excluding carboxylic acids is 1. The van der Waals surface area contributed by atoms with Gasteiger partial charge in [-0.15, -0.1) is 0 Å². The maximum Gasteiger partial charge on any atom is 0.310 e. The summed E-state index contributed by atoms with van der Waals surface area (Å²) in [6.07, 6.45) is 1.05. The van der Waals surface area contributed by atoms with Crippen molar-refractivity contribution in [2.24, 2.45) is 16.8 Å². The van der Waals surface area contributed by atoms with Crippen LogP contribution >= 0.6 is 0 Å². The largest absolute Gasteiger partial charge is 0.469 e. The fraction of sp³-hybridized carbons (Fsp3) is 0.652. The highest BCUT2D eigenvalue weighted by Gasteiger charge is 2.36. The van der Waals surface area contributed by atoms with Crippen LogP contribution in [0, 0.1) is 11.8 Å². The lowest BCUT2D eigenvalue weighted by Gasteiger charge is -2.40. The van der Waals surface area contributed by atoms with Crippen molar-refractivity contribution >= 4 is 11.9 Å². The number of guanidine groups is 1. The number of esters is 1. The Kier molecular flexibility index (Phi) is 8.10. The van der Waals surface area contributed by atoms with E-state index in [2.05, 4.69) is 69.3 Å². The summed E-state index contributed by atoms with van der Waals surface area (Å²) in [7, 11) is 5.48. The minimum Gasteiger partial charge on any atom is -0.469 e. The number of piperazine rings is 1. The van der Waals surface area contributed by atoms with Gasteiger partial charge in [0.2, 0.25) is 0 Å². The molecule has 0 aromatic heterocycles. The summed E-state index contributed by atoms with van der Waals surface area (Å²) in [5.41, 5.74) is 1.40. The fourth-order valence-electron chi connectivity index (χ4n) is 4.63. The zero-order valence-electron chi connectivity index (χ0n) is 18.9. The standard InChI is InChI=1S/C23H37N5O2/c1-18-15-28(16-20(18)22(29)30-4)23(24-2)25-11-8-12-27-14-13-26(3)17-21(27)19-9-6-5-7-10-19/h5-7,9-10,18,20-21H,8,11-17H2,1-4H3,(H,24,25). The maximum absolute atomic E-state index is 12.0. The summed E-state index contributed by atoms with van der Waals surface area (Å²) in [5.74, 6) is 0.951. The molecular weight excluding hydrogens is 378 g/mol. The molecule has 1 aromatic carbocycles. The number of likely N-dealkylation sites (N-methyl/N-ethyl adjacent to an activating group) is 1. The third-order valence-corrected chi connectivity index (χ3v) is 6.41. The van der Waals surface area contributed by atoms with Crippen LogP contribution < -0.4 is 5.32 Å². The van der Waals surface area contributed by atoms with Crippen molar-refractivity contribution in [2.75, 3.05) is 67.0 Å². The number of rotatable bonds is 6. The molecule has 1 aromatic rings.